The van der Waals surface area contributed by atoms with Gasteiger partial charge in [0, 0.05) is 5.56 Å². The molecule has 0 aromatic heterocycles. The highest BCUT2D eigenvalue weighted by Gasteiger charge is 2.07. The van der Waals surface area contributed by atoms with Crippen LogP contribution in [0.25, 0.3) is 0 Å². The third-order valence-corrected chi connectivity index (χ3v) is 2.90. The van der Waals surface area contributed by atoms with E-state index in [-0.39, 0.29) is 6.61 Å². The standard InChI is InChI=1S/C16H18O2/c1-12(2)13-8-9-14(11-17)16(10-13)18-15-6-4-3-5-7-15/h3-10,12,17H,11H2,1-2H3. The third-order valence-electron chi connectivity index (χ3n) is 2.90. The maximum absolute atomic E-state index is 9.35. The number of benzene rings is 2. The highest BCUT2D eigenvalue weighted by Crippen LogP contribution is 2.29. The van der Waals surface area contributed by atoms with E-state index in [1.165, 1.54) is 5.56 Å². The number of hydrogen-bond donors (Lipinski definition) is 1. The first kappa shape index (κ1) is 12.7. The zero-order chi connectivity index (χ0) is 13.0. The molecule has 2 nitrogen and oxygen atoms in total. The van der Waals surface area contributed by atoms with Gasteiger partial charge in [0.25, 0.3) is 0 Å². The Morgan fingerprint density at radius 3 is 2.39 bits per heavy atom. The maximum Gasteiger partial charge on any atom is 0.133 e. The molecule has 2 rings (SSSR count). The predicted octanol–water partition coefficient (Wildman–Crippen LogP) is 4.09. The van der Waals surface area contributed by atoms with E-state index in [1.54, 1.807) is 0 Å². The first-order valence-corrected chi connectivity index (χ1v) is 6.17. The summed E-state index contributed by atoms with van der Waals surface area (Å²) in [5.41, 5.74) is 2.02. The largest absolute Gasteiger partial charge is 0.457 e. The minimum Gasteiger partial charge on any atom is -0.457 e. The Morgan fingerprint density at radius 2 is 1.78 bits per heavy atom. The van der Waals surface area contributed by atoms with Gasteiger partial charge in [-0.3, -0.25) is 0 Å². The Hall–Kier alpha value is -1.80. The van der Waals surface area contributed by atoms with Gasteiger partial charge in [0.15, 0.2) is 0 Å². The minimum atomic E-state index is -0.0134. The van der Waals surface area contributed by atoms with Crippen LogP contribution in [-0.2, 0) is 6.61 Å². The second-order valence-corrected chi connectivity index (χ2v) is 4.60. The van der Waals surface area contributed by atoms with E-state index in [4.69, 9.17) is 4.74 Å². The average molecular weight is 242 g/mol. The fourth-order valence-corrected chi connectivity index (χ4v) is 1.77. The van der Waals surface area contributed by atoms with Gasteiger partial charge >= 0.3 is 0 Å². The summed E-state index contributed by atoms with van der Waals surface area (Å²) in [6, 6.07) is 15.6. The maximum atomic E-state index is 9.35. The first-order valence-electron chi connectivity index (χ1n) is 6.17. The monoisotopic (exact) mass is 242 g/mol. The van der Waals surface area contributed by atoms with E-state index < -0.39 is 0 Å². The molecule has 1 N–H and O–H groups in total. The molecule has 0 aliphatic rings. The Kier molecular flexibility index (Phi) is 4.00. The summed E-state index contributed by atoms with van der Waals surface area (Å²) in [4.78, 5) is 0. The van der Waals surface area contributed by atoms with E-state index in [0.717, 1.165) is 17.1 Å². The van der Waals surface area contributed by atoms with Crippen molar-refractivity contribution in [2.24, 2.45) is 0 Å². The van der Waals surface area contributed by atoms with Crippen molar-refractivity contribution in [3.05, 3.63) is 59.7 Å². The second-order valence-electron chi connectivity index (χ2n) is 4.60. The number of para-hydroxylation sites is 1. The van der Waals surface area contributed by atoms with Crippen LogP contribution in [0, 0.1) is 0 Å². The van der Waals surface area contributed by atoms with Crippen molar-refractivity contribution >= 4 is 0 Å². The molecule has 0 unspecified atom stereocenters. The van der Waals surface area contributed by atoms with Crippen molar-refractivity contribution in [3.63, 3.8) is 0 Å². The van der Waals surface area contributed by atoms with Crippen LogP contribution in [0.4, 0.5) is 0 Å². The van der Waals surface area contributed by atoms with Gasteiger partial charge in [-0.15, -0.1) is 0 Å². The molecule has 2 aromatic rings. The van der Waals surface area contributed by atoms with Crippen LogP contribution < -0.4 is 4.74 Å². The van der Waals surface area contributed by atoms with Crippen LogP contribution in [0.2, 0.25) is 0 Å². The number of ether oxygens (including phenoxy) is 1. The summed E-state index contributed by atoms with van der Waals surface area (Å²) >= 11 is 0. The van der Waals surface area contributed by atoms with E-state index in [2.05, 4.69) is 13.8 Å². The van der Waals surface area contributed by atoms with E-state index in [1.807, 2.05) is 48.5 Å². The average Bonchev–Trinajstić information content (AvgIpc) is 2.39. The van der Waals surface area contributed by atoms with Gasteiger partial charge in [-0.1, -0.05) is 44.2 Å². The van der Waals surface area contributed by atoms with Crippen molar-refractivity contribution in [3.8, 4) is 11.5 Å². The summed E-state index contributed by atoms with van der Waals surface area (Å²) in [6.07, 6.45) is 0. The topological polar surface area (TPSA) is 29.5 Å². The molecule has 2 aromatic carbocycles. The van der Waals surface area contributed by atoms with E-state index >= 15 is 0 Å². The van der Waals surface area contributed by atoms with Crippen LogP contribution >= 0.6 is 0 Å². The molecular formula is C16H18O2. The van der Waals surface area contributed by atoms with Crippen molar-refractivity contribution in [2.45, 2.75) is 26.4 Å². The van der Waals surface area contributed by atoms with Crippen molar-refractivity contribution in [2.75, 3.05) is 0 Å². The fourth-order valence-electron chi connectivity index (χ4n) is 1.77. The molecule has 2 heteroatoms. The van der Waals surface area contributed by atoms with Gasteiger partial charge < -0.3 is 9.84 Å². The quantitative estimate of drug-likeness (QED) is 0.874. The predicted molar refractivity (Wildman–Crippen MR) is 73.0 cm³/mol. The lowest BCUT2D eigenvalue weighted by atomic mass is 10.0. The molecule has 0 aliphatic heterocycles. The summed E-state index contributed by atoms with van der Waals surface area (Å²) in [6.45, 7) is 4.26. The van der Waals surface area contributed by atoms with Crippen molar-refractivity contribution in [1.29, 1.82) is 0 Å². The Balaban J connectivity index is 2.32. The van der Waals surface area contributed by atoms with Crippen LogP contribution in [-0.4, -0.2) is 5.11 Å². The lowest BCUT2D eigenvalue weighted by molar-refractivity contribution is 0.276. The number of aliphatic hydroxyl groups is 1. The molecule has 0 spiro atoms. The van der Waals surface area contributed by atoms with Gasteiger partial charge in [-0.05, 0) is 29.7 Å². The smallest absolute Gasteiger partial charge is 0.133 e. The molecule has 94 valence electrons. The van der Waals surface area contributed by atoms with Crippen LogP contribution in [0.15, 0.2) is 48.5 Å². The number of rotatable bonds is 4. The molecule has 0 bridgehead atoms. The molecule has 0 saturated carbocycles. The molecule has 18 heavy (non-hydrogen) atoms. The SMILES string of the molecule is CC(C)c1ccc(CO)c(Oc2ccccc2)c1. The summed E-state index contributed by atoms with van der Waals surface area (Å²) in [5.74, 6) is 1.96. The molecule has 0 atom stereocenters. The first-order chi connectivity index (χ1) is 8.70. The summed E-state index contributed by atoms with van der Waals surface area (Å²) in [7, 11) is 0. The molecule has 0 aliphatic carbocycles. The van der Waals surface area contributed by atoms with Crippen molar-refractivity contribution in [1.82, 2.24) is 0 Å². The Morgan fingerprint density at radius 1 is 1.06 bits per heavy atom. The number of hydrogen-bond acceptors (Lipinski definition) is 2. The van der Waals surface area contributed by atoms with Crippen LogP contribution in [0.1, 0.15) is 30.9 Å². The van der Waals surface area contributed by atoms with E-state index in [9.17, 15) is 5.11 Å². The lowest BCUT2D eigenvalue weighted by Crippen LogP contribution is -1.95. The fraction of sp³-hybridized carbons (Fsp3) is 0.250. The normalized spacial score (nSPS) is 10.7. The van der Waals surface area contributed by atoms with Gasteiger partial charge in [0.05, 0.1) is 6.61 Å². The Bertz CT molecular complexity index is 504. The number of aliphatic hydroxyl groups excluding tert-OH is 1. The van der Waals surface area contributed by atoms with Crippen LogP contribution in [0.3, 0.4) is 0 Å². The van der Waals surface area contributed by atoms with E-state index in [0.29, 0.717) is 5.92 Å². The van der Waals surface area contributed by atoms with Gasteiger partial charge in [0.1, 0.15) is 11.5 Å². The third kappa shape index (κ3) is 2.90. The lowest BCUT2D eigenvalue weighted by Gasteiger charge is -2.13. The van der Waals surface area contributed by atoms with Crippen molar-refractivity contribution < 1.29 is 9.84 Å². The van der Waals surface area contributed by atoms with Gasteiger partial charge in [-0.2, -0.15) is 0 Å². The summed E-state index contributed by atoms with van der Waals surface area (Å²) in [5, 5.41) is 9.35. The minimum absolute atomic E-state index is 0.0134. The molecule has 0 saturated heterocycles. The zero-order valence-electron chi connectivity index (χ0n) is 10.8. The molecule has 0 radical (unpaired) electrons. The highest BCUT2D eigenvalue weighted by molar-refractivity contribution is 5.41. The Labute approximate surface area is 108 Å². The second kappa shape index (κ2) is 5.69. The van der Waals surface area contributed by atoms with Gasteiger partial charge in [-0.25, -0.2) is 0 Å². The molecular weight excluding hydrogens is 224 g/mol. The van der Waals surface area contributed by atoms with Crippen LogP contribution in [0.5, 0.6) is 11.5 Å². The zero-order valence-corrected chi connectivity index (χ0v) is 10.8. The van der Waals surface area contributed by atoms with Gasteiger partial charge in [0.2, 0.25) is 0 Å². The molecule has 0 fully saturated rings. The molecule has 0 amide bonds. The highest BCUT2D eigenvalue weighted by atomic mass is 16.5. The molecule has 0 heterocycles. The summed E-state index contributed by atoms with van der Waals surface area (Å²) < 4.78 is 5.83.